The molecule has 3 N–H and O–H groups in total. The molecule has 3 saturated carbocycles. The van der Waals surface area contributed by atoms with E-state index >= 15 is 0 Å². The van der Waals surface area contributed by atoms with Gasteiger partial charge in [-0.1, -0.05) is 13.0 Å². The van der Waals surface area contributed by atoms with Gasteiger partial charge in [0.15, 0.2) is 0 Å². The van der Waals surface area contributed by atoms with Crippen molar-refractivity contribution >= 4 is 5.91 Å². The minimum absolute atomic E-state index is 0.148. The number of allylic oxidation sites excluding steroid dienone is 1. The van der Waals surface area contributed by atoms with Crippen molar-refractivity contribution < 1.29 is 14.6 Å². The smallest absolute Gasteiger partial charge is 0.241 e. The molecule has 4 nitrogen and oxygen atoms in total. The van der Waals surface area contributed by atoms with Gasteiger partial charge in [-0.25, -0.2) is 0 Å². The van der Waals surface area contributed by atoms with Gasteiger partial charge in [-0.3, -0.25) is 4.79 Å². The van der Waals surface area contributed by atoms with Gasteiger partial charge >= 0.3 is 0 Å². The van der Waals surface area contributed by atoms with E-state index in [1.54, 1.807) is 0 Å². The van der Waals surface area contributed by atoms with Gasteiger partial charge < -0.3 is 15.6 Å². The molecule has 2 unspecified atom stereocenters. The molecule has 4 rings (SSSR count). The highest BCUT2D eigenvalue weighted by atomic mass is 16.5. The van der Waals surface area contributed by atoms with Crippen LogP contribution in [0.2, 0.25) is 0 Å². The van der Waals surface area contributed by atoms with Crippen molar-refractivity contribution in [2.24, 2.45) is 35.3 Å². The topological polar surface area (TPSA) is 72.6 Å². The zero-order chi connectivity index (χ0) is 13.6. The van der Waals surface area contributed by atoms with E-state index in [9.17, 15) is 9.90 Å². The van der Waals surface area contributed by atoms with Crippen molar-refractivity contribution in [1.82, 2.24) is 0 Å². The number of amides is 1. The number of carbonyl (C=O) groups is 1. The first-order chi connectivity index (χ1) is 9.10. The van der Waals surface area contributed by atoms with Crippen LogP contribution in [-0.4, -0.2) is 29.8 Å². The highest BCUT2D eigenvalue weighted by Gasteiger charge is 2.69. The SMILES string of the molecule is CC1C[C@@H]2C(CC/C=C/C(N)=O)[C@H]3[C@@H]2CO[C@@]13CO. The van der Waals surface area contributed by atoms with Crippen molar-refractivity contribution in [3.63, 3.8) is 0 Å². The monoisotopic (exact) mass is 265 g/mol. The Morgan fingerprint density at radius 2 is 2.32 bits per heavy atom. The van der Waals surface area contributed by atoms with Crippen LogP contribution in [0.3, 0.4) is 0 Å². The Balaban J connectivity index is 1.66. The molecule has 0 spiro atoms. The molecular formula is C15H23NO3. The van der Waals surface area contributed by atoms with E-state index < -0.39 is 0 Å². The quantitative estimate of drug-likeness (QED) is 0.731. The molecule has 3 aliphatic carbocycles. The molecule has 1 aliphatic heterocycles. The zero-order valence-electron chi connectivity index (χ0n) is 11.4. The van der Waals surface area contributed by atoms with E-state index in [0.717, 1.165) is 25.4 Å². The molecule has 1 amide bonds. The fraction of sp³-hybridized carbons (Fsp3) is 0.800. The molecule has 19 heavy (non-hydrogen) atoms. The molecule has 0 aromatic heterocycles. The standard InChI is InChI=1S/C15H23NO3/c1-9-6-11-10(4-2-3-5-13(16)18)14-12(11)7-19-15(9,14)8-17/h3,5,9-12,14,17H,2,4,6-8H2,1H3,(H2,16,18)/b5-3+/t9?,10?,11-,12-,14+,15+/m1/s1. The highest BCUT2D eigenvalue weighted by Crippen LogP contribution is 2.67. The minimum atomic E-state index is -0.377. The number of ether oxygens (including phenoxy) is 1. The molecule has 4 heteroatoms. The van der Waals surface area contributed by atoms with Crippen LogP contribution in [0.25, 0.3) is 0 Å². The fourth-order valence-corrected chi connectivity index (χ4v) is 4.94. The zero-order valence-corrected chi connectivity index (χ0v) is 11.4. The van der Waals surface area contributed by atoms with E-state index in [1.165, 1.54) is 12.5 Å². The van der Waals surface area contributed by atoms with E-state index in [2.05, 4.69) is 6.92 Å². The first-order valence-electron chi connectivity index (χ1n) is 7.31. The lowest BCUT2D eigenvalue weighted by Crippen LogP contribution is -2.63. The number of hydrogen-bond acceptors (Lipinski definition) is 3. The number of carbonyl (C=O) groups excluding carboxylic acids is 1. The normalized spacial score (nSPS) is 47.4. The van der Waals surface area contributed by atoms with Gasteiger partial charge in [-0.05, 0) is 54.9 Å². The number of primary amides is 1. The van der Waals surface area contributed by atoms with Crippen LogP contribution in [0.5, 0.6) is 0 Å². The Labute approximate surface area is 114 Å². The molecule has 0 aromatic carbocycles. The summed E-state index contributed by atoms with van der Waals surface area (Å²) in [6.45, 7) is 3.19. The second kappa shape index (κ2) is 4.60. The molecular weight excluding hydrogens is 242 g/mol. The van der Waals surface area contributed by atoms with Gasteiger partial charge in [-0.15, -0.1) is 0 Å². The summed E-state index contributed by atoms with van der Waals surface area (Å²) in [6.07, 6.45) is 6.46. The maximum atomic E-state index is 10.7. The largest absolute Gasteiger partial charge is 0.393 e. The average Bonchev–Trinajstić information content (AvgIpc) is 2.65. The summed E-state index contributed by atoms with van der Waals surface area (Å²) in [6, 6.07) is 0. The third kappa shape index (κ3) is 1.77. The summed E-state index contributed by atoms with van der Waals surface area (Å²) >= 11 is 0. The minimum Gasteiger partial charge on any atom is -0.393 e. The van der Waals surface area contributed by atoms with Crippen molar-refractivity contribution in [2.45, 2.75) is 31.8 Å². The Kier molecular flexibility index (Phi) is 3.18. The van der Waals surface area contributed by atoms with Crippen molar-refractivity contribution in [1.29, 1.82) is 0 Å². The number of aliphatic hydroxyl groups excluding tert-OH is 1. The predicted octanol–water partition coefficient (Wildman–Crippen LogP) is 1.09. The maximum Gasteiger partial charge on any atom is 0.241 e. The number of aliphatic hydroxyl groups is 1. The van der Waals surface area contributed by atoms with E-state index in [-0.39, 0.29) is 18.1 Å². The molecule has 0 radical (unpaired) electrons. The van der Waals surface area contributed by atoms with Crippen LogP contribution in [0.4, 0.5) is 0 Å². The average molecular weight is 265 g/mol. The molecule has 4 bridgehead atoms. The van der Waals surface area contributed by atoms with Crippen LogP contribution in [0, 0.1) is 29.6 Å². The Hall–Kier alpha value is -0.870. The Morgan fingerprint density at radius 3 is 3.00 bits per heavy atom. The van der Waals surface area contributed by atoms with Crippen LogP contribution in [0.1, 0.15) is 26.2 Å². The van der Waals surface area contributed by atoms with Crippen LogP contribution in [-0.2, 0) is 9.53 Å². The second-order valence-corrected chi connectivity index (χ2v) is 6.46. The number of nitrogens with two attached hydrogens (primary N) is 1. The van der Waals surface area contributed by atoms with Crippen LogP contribution >= 0.6 is 0 Å². The lowest BCUT2D eigenvalue weighted by molar-refractivity contribution is -0.181. The van der Waals surface area contributed by atoms with Crippen LogP contribution < -0.4 is 5.73 Å². The molecule has 1 saturated heterocycles. The van der Waals surface area contributed by atoms with Gasteiger partial charge in [0.25, 0.3) is 0 Å². The molecule has 4 fully saturated rings. The lowest BCUT2D eigenvalue weighted by Gasteiger charge is -2.60. The third-order valence-corrected chi connectivity index (χ3v) is 5.79. The van der Waals surface area contributed by atoms with E-state index in [1.807, 2.05) is 6.08 Å². The Bertz CT molecular complexity index is 408. The first kappa shape index (κ1) is 13.1. The van der Waals surface area contributed by atoms with Gasteiger partial charge in [0.2, 0.25) is 5.91 Å². The van der Waals surface area contributed by atoms with Crippen molar-refractivity contribution in [3.8, 4) is 0 Å². The van der Waals surface area contributed by atoms with Crippen molar-refractivity contribution in [2.75, 3.05) is 13.2 Å². The van der Waals surface area contributed by atoms with Crippen LogP contribution in [0.15, 0.2) is 12.2 Å². The molecule has 6 atom stereocenters. The van der Waals surface area contributed by atoms with E-state index in [0.29, 0.717) is 23.7 Å². The summed E-state index contributed by atoms with van der Waals surface area (Å²) in [5, 5.41) is 9.80. The first-order valence-corrected chi connectivity index (χ1v) is 7.31. The lowest BCUT2D eigenvalue weighted by atomic mass is 9.44. The van der Waals surface area contributed by atoms with E-state index in [4.69, 9.17) is 10.5 Å². The van der Waals surface area contributed by atoms with Gasteiger partial charge in [0, 0.05) is 0 Å². The highest BCUT2D eigenvalue weighted by molar-refractivity contribution is 5.85. The summed E-state index contributed by atoms with van der Waals surface area (Å²) < 4.78 is 6.01. The predicted molar refractivity (Wildman–Crippen MR) is 71.1 cm³/mol. The van der Waals surface area contributed by atoms with Gasteiger partial charge in [-0.2, -0.15) is 0 Å². The molecule has 106 valence electrons. The summed E-state index contributed by atoms with van der Waals surface area (Å²) in [5.41, 5.74) is 4.80. The maximum absolute atomic E-state index is 10.7. The number of fused-ring (bicyclic) bond motifs is 1. The number of rotatable bonds is 5. The summed E-state index contributed by atoms with van der Waals surface area (Å²) in [5.74, 6) is 2.67. The summed E-state index contributed by atoms with van der Waals surface area (Å²) in [7, 11) is 0. The van der Waals surface area contributed by atoms with Gasteiger partial charge in [0.1, 0.15) is 0 Å². The Morgan fingerprint density at radius 1 is 1.53 bits per heavy atom. The molecule has 1 heterocycles. The molecule has 4 aliphatic rings. The molecule has 0 aromatic rings. The van der Waals surface area contributed by atoms with Crippen molar-refractivity contribution in [3.05, 3.63) is 12.2 Å². The van der Waals surface area contributed by atoms with Gasteiger partial charge in [0.05, 0.1) is 18.8 Å². The number of hydrogen-bond donors (Lipinski definition) is 2. The second-order valence-electron chi connectivity index (χ2n) is 6.46. The fourth-order valence-electron chi connectivity index (χ4n) is 4.94. The summed E-state index contributed by atoms with van der Waals surface area (Å²) in [4.78, 5) is 10.7. The third-order valence-electron chi connectivity index (χ3n) is 5.79.